The third kappa shape index (κ3) is 3.98. The molecule has 0 fully saturated rings. The molecule has 9 heteroatoms. The number of pyridine rings is 1. The van der Waals surface area contributed by atoms with Crippen molar-refractivity contribution in [3.63, 3.8) is 0 Å². The Morgan fingerprint density at radius 2 is 1.68 bits per heavy atom. The van der Waals surface area contributed by atoms with Crippen molar-refractivity contribution in [2.75, 3.05) is 34.2 Å². The molecule has 0 aliphatic carbocycles. The van der Waals surface area contributed by atoms with Gasteiger partial charge in [0.2, 0.25) is 0 Å². The quantitative estimate of drug-likeness (QED) is 0.381. The SMILES string of the molecule is COCCc1nc(-c2c(Cl)c(OC)cc(OC)c2Cl)cc2cnc(SC)nc12. The number of aromatic nitrogens is 3. The summed E-state index contributed by atoms with van der Waals surface area (Å²) in [7, 11) is 4.72. The summed E-state index contributed by atoms with van der Waals surface area (Å²) in [5.74, 6) is 0.902. The molecule has 2 aromatic heterocycles. The van der Waals surface area contributed by atoms with E-state index in [0.29, 0.717) is 51.0 Å². The maximum Gasteiger partial charge on any atom is 0.187 e. The minimum atomic E-state index is 0.361. The summed E-state index contributed by atoms with van der Waals surface area (Å²) in [6.45, 7) is 0.507. The summed E-state index contributed by atoms with van der Waals surface area (Å²) in [4.78, 5) is 13.8. The van der Waals surface area contributed by atoms with E-state index >= 15 is 0 Å². The summed E-state index contributed by atoms with van der Waals surface area (Å²) in [6.07, 6.45) is 4.29. The van der Waals surface area contributed by atoms with Crippen LogP contribution in [0.4, 0.5) is 0 Å². The van der Waals surface area contributed by atoms with Crippen molar-refractivity contribution in [3.8, 4) is 22.8 Å². The van der Waals surface area contributed by atoms with Gasteiger partial charge in [-0.25, -0.2) is 9.97 Å². The fourth-order valence-corrected chi connectivity index (χ4v) is 3.83. The minimum absolute atomic E-state index is 0.361. The number of rotatable bonds is 7. The first-order chi connectivity index (χ1) is 13.5. The summed E-state index contributed by atoms with van der Waals surface area (Å²) in [6, 6.07) is 3.51. The number of halogens is 2. The van der Waals surface area contributed by atoms with Gasteiger partial charge in [-0.3, -0.25) is 4.98 Å². The summed E-state index contributed by atoms with van der Waals surface area (Å²) < 4.78 is 16.0. The first kappa shape index (κ1) is 20.9. The highest BCUT2D eigenvalue weighted by molar-refractivity contribution is 7.98. The normalized spacial score (nSPS) is 11.1. The van der Waals surface area contributed by atoms with Gasteiger partial charge in [0.15, 0.2) is 5.16 Å². The second kappa shape index (κ2) is 9.13. The van der Waals surface area contributed by atoms with Gasteiger partial charge in [-0.05, 0) is 12.3 Å². The number of nitrogens with zero attached hydrogens (tertiary/aromatic N) is 3. The van der Waals surface area contributed by atoms with E-state index in [1.54, 1.807) is 19.4 Å². The number of benzene rings is 1. The molecule has 0 spiro atoms. The predicted molar refractivity (Wildman–Crippen MR) is 113 cm³/mol. The van der Waals surface area contributed by atoms with Crippen LogP contribution >= 0.6 is 35.0 Å². The highest BCUT2D eigenvalue weighted by Crippen LogP contribution is 2.45. The molecule has 0 bridgehead atoms. The molecule has 0 aliphatic rings. The first-order valence-electron chi connectivity index (χ1n) is 8.34. The largest absolute Gasteiger partial charge is 0.495 e. The van der Waals surface area contributed by atoms with Crippen LogP contribution in [-0.4, -0.2) is 49.1 Å². The van der Waals surface area contributed by atoms with Crippen LogP contribution in [-0.2, 0) is 11.2 Å². The van der Waals surface area contributed by atoms with Gasteiger partial charge in [0.25, 0.3) is 0 Å². The van der Waals surface area contributed by atoms with Gasteiger partial charge < -0.3 is 14.2 Å². The smallest absolute Gasteiger partial charge is 0.187 e. The lowest BCUT2D eigenvalue weighted by atomic mass is 10.1. The van der Waals surface area contributed by atoms with Crippen LogP contribution in [0.25, 0.3) is 22.2 Å². The molecule has 0 unspecified atom stereocenters. The summed E-state index contributed by atoms with van der Waals surface area (Å²) >= 11 is 14.6. The average molecular weight is 440 g/mol. The van der Waals surface area contributed by atoms with E-state index in [1.807, 2.05) is 12.3 Å². The number of hydrogen-bond acceptors (Lipinski definition) is 7. The van der Waals surface area contributed by atoms with Gasteiger partial charge in [-0.1, -0.05) is 35.0 Å². The van der Waals surface area contributed by atoms with E-state index in [1.165, 1.54) is 26.0 Å². The van der Waals surface area contributed by atoms with Crippen LogP contribution in [0, 0.1) is 0 Å². The predicted octanol–water partition coefficient (Wildman–Crippen LogP) is 4.93. The molecule has 3 aromatic rings. The van der Waals surface area contributed by atoms with Gasteiger partial charge in [0, 0.05) is 36.7 Å². The molecule has 0 atom stereocenters. The molecular weight excluding hydrogens is 421 g/mol. The van der Waals surface area contributed by atoms with Crippen molar-refractivity contribution in [2.24, 2.45) is 0 Å². The Morgan fingerprint density at radius 3 is 2.25 bits per heavy atom. The van der Waals surface area contributed by atoms with Crippen molar-refractivity contribution < 1.29 is 14.2 Å². The van der Waals surface area contributed by atoms with Crippen molar-refractivity contribution in [1.82, 2.24) is 15.0 Å². The van der Waals surface area contributed by atoms with Gasteiger partial charge in [0.05, 0.1) is 47.8 Å². The number of fused-ring (bicyclic) bond motifs is 1. The van der Waals surface area contributed by atoms with Crippen LogP contribution in [0.3, 0.4) is 0 Å². The number of ether oxygens (including phenoxy) is 3. The van der Waals surface area contributed by atoms with Crippen molar-refractivity contribution >= 4 is 45.9 Å². The monoisotopic (exact) mass is 439 g/mol. The van der Waals surface area contributed by atoms with E-state index in [-0.39, 0.29) is 0 Å². The standard InChI is InChI=1S/C19H19Cl2N3O3S/c1-25-6-5-11-18-10(9-22-19(24-18)28-4)7-12(23-11)15-16(20)13(26-2)8-14(27-3)17(15)21/h7-9H,5-6H2,1-4H3. The van der Waals surface area contributed by atoms with Gasteiger partial charge in [-0.2, -0.15) is 0 Å². The fourth-order valence-electron chi connectivity index (χ4n) is 2.80. The first-order valence-corrected chi connectivity index (χ1v) is 10.3. The van der Waals surface area contributed by atoms with Crippen LogP contribution in [0.15, 0.2) is 23.5 Å². The molecule has 0 aliphatic heterocycles. The van der Waals surface area contributed by atoms with E-state index in [4.69, 9.17) is 42.4 Å². The molecule has 0 N–H and O–H groups in total. The molecule has 0 amide bonds. The van der Waals surface area contributed by atoms with Crippen LogP contribution in [0.2, 0.25) is 10.0 Å². The Hall–Kier alpha value is -1.80. The fraction of sp³-hybridized carbons (Fsp3) is 0.316. The maximum absolute atomic E-state index is 6.57. The van der Waals surface area contributed by atoms with Gasteiger partial charge >= 0.3 is 0 Å². The zero-order valence-electron chi connectivity index (χ0n) is 15.9. The zero-order valence-corrected chi connectivity index (χ0v) is 18.2. The number of thioether (sulfide) groups is 1. The van der Waals surface area contributed by atoms with E-state index in [9.17, 15) is 0 Å². The van der Waals surface area contributed by atoms with Crippen molar-refractivity contribution in [1.29, 1.82) is 0 Å². The van der Waals surface area contributed by atoms with Crippen molar-refractivity contribution in [2.45, 2.75) is 11.6 Å². The Bertz CT molecular complexity index is 989. The highest BCUT2D eigenvalue weighted by atomic mass is 35.5. The van der Waals surface area contributed by atoms with Crippen LogP contribution in [0.5, 0.6) is 11.5 Å². The molecule has 2 heterocycles. The molecule has 1 aromatic carbocycles. The summed E-state index contributed by atoms with van der Waals surface area (Å²) in [5, 5.41) is 2.24. The Morgan fingerprint density at radius 1 is 1.00 bits per heavy atom. The van der Waals surface area contributed by atoms with Crippen molar-refractivity contribution in [3.05, 3.63) is 34.1 Å². The third-order valence-corrected chi connectivity index (χ3v) is 5.48. The molecule has 3 rings (SSSR count). The topological polar surface area (TPSA) is 66.4 Å². The molecule has 0 saturated carbocycles. The van der Waals surface area contributed by atoms with Gasteiger partial charge in [0.1, 0.15) is 11.5 Å². The van der Waals surface area contributed by atoms with E-state index in [0.717, 1.165) is 16.6 Å². The third-order valence-electron chi connectivity index (χ3n) is 4.17. The molecule has 28 heavy (non-hydrogen) atoms. The Labute approximate surface area is 177 Å². The maximum atomic E-state index is 6.57. The second-order valence-corrected chi connectivity index (χ2v) is 7.30. The molecule has 0 saturated heterocycles. The molecular formula is C19H19Cl2N3O3S. The molecule has 0 radical (unpaired) electrons. The Balaban J connectivity index is 2.29. The number of methoxy groups -OCH3 is 3. The summed E-state index contributed by atoms with van der Waals surface area (Å²) in [5.41, 5.74) is 2.68. The average Bonchev–Trinajstić information content (AvgIpc) is 2.72. The lowest BCUT2D eigenvalue weighted by Crippen LogP contribution is -2.03. The molecule has 6 nitrogen and oxygen atoms in total. The lowest BCUT2D eigenvalue weighted by Gasteiger charge is -2.16. The minimum Gasteiger partial charge on any atom is -0.495 e. The van der Waals surface area contributed by atoms with E-state index < -0.39 is 0 Å². The highest BCUT2D eigenvalue weighted by Gasteiger charge is 2.21. The number of hydrogen-bond donors (Lipinski definition) is 0. The zero-order chi connectivity index (χ0) is 20.3. The lowest BCUT2D eigenvalue weighted by molar-refractivity contribution is 0.201. The molecule has 148 valence electrons. The van der Waals surface area contributed by atoms with Gasteiger partial charge in [-0.15, -0.1) is 0 Å². The van der Waals surface area contributed by atoms with Crippen LogP contribution < -0.4 is 9.47 Å². The van der Waals surface area contributed by atoms with E-state index in [2.05, 4.69) is 9.97 Å². The van der Waals surface area contributed by atoms with Crippen LogP contribution in [0.1, 0.15) is 5.69 Å². The Kier molecular flexibility index (Phi) is 6.82. The second-order valence-electron chi connectivity index (χ2n) is 5.78.